The highest BCUT2D eigenvalue weighted by Gasteiger charge is 2.03. The molecule has 0 saturated carbocycles. The molecule has 0 saturated heterocycles. The molecule has 1 heterocycles. The van der Waals surface area contributed by atoms with E-state index < -0.39 is 0 Å². The fourth-order valence-electron chi connectivity index (χ4n) is 1.38. The number of fused-ring (bicyclic) bond motifs is 1. The van der Waals surface area contributed by atoms with E-state index >= 15 is 0 Å². The smallest absolute Gasteiger partial charge is 0.191 e. The van der Waals surface area contributed by atoms with Gasteiger partial charge in [0.15, 0.2) is 5.96 Å². The van der Waals surface area contributed by atoms with Gasteiger partial charge in [0.05, 0.1) is 5.69 Å². The summed E-state index contributed by atoms with van der Waals surface area (Å²) in [6, 6.07) is 5.69. The summed E-state index contributed by atoms with van der Waals surface area (Å²) in [5.41, 5.74) is 12.1. The number of hydrogen-bond donors (Lipinski definition) is 2. The Bertz CT molecular complexity index is 493. The summed E-state index contributed by atoms with van der Waals surface area (Å²) in [5, 5.41) is 5.29. The fourth-order valence-corrected chi connectivity index (χ4v) is 1.38. The van der Waals surface area contributed by atoms with Gasteiger partial charge in [0.25, 0.3) is 0 Å². The molecule has 2 rings (SSSR count). The first-order valence-electron chi connectivity index (χ1n) is 4.19. The molecule has 0 unspecified atom stereocenters. The Morgan fingerprint density at radius 2 is 2.21 bits per heavy atom. The third kappa shape index (κ3) is 1.39. The van der Waals surface area contributed by atoms with Crippen molar-refractivity contribution in [2.75, 3.05) is 0 Å². The van der Waals surface area contributed by atoms with Crippen LogP contribution in [0.25, 0.3) is 10.9 Å². The number of guanidine groups is 1. The number of benzene rings is 1. The summed E-state index contributed by atoms with van der Waals surface area (Å²) in [4.78, 5) is 4.00. The minimum Gasteiger partial charge on any atom is -0.370 e. The normalized spacial score (nSPS) is 10.4. The Hall–Kier alpha value is -2.04. The molecule has 2 aromatic rings. The van der Waals surface area contributed by atoms with E-state index in [4.69, 9.17) is 11.5 Å². The number of nitrogens with two attached hydrogens (primary N) is 2. The van der Waals surface area contributed by atoms with Gasteiger partial charge in [0.2, 0.25) is 0 Å². The van der Waals surface area contributed by atoms with E-state index in [1.165, 1.54) is 0 Å². The van der Waals surface area contributed by atoms with Crippen LogP contribution in [0.5, 0.6) is 0 Å². The molecule has 1 aromatic heterocycles. The van der Waals surface area contributed by atoms with Crippen molar-refractivity contribution in [1.29, 1.82) is 0 Å². The lowest BCUT2D eigenvalue weighted by atomic mass is 10.2. The van der Waals surface area contributed by atoms with Gasteiger partial charge in [0.1, 0.15) is 5.52 Å². The maximum absolute atomic E-state index is 5.32. The average Bonchev–Trinajstić information content (AvgIpc) is 2.45. The van der Waals surface area contributed by atoms with Crippen molar-refractivity contribution < 1.29 is 0 Å². The molecule has 5 heteroatoms. The Morgan fingerprint density at radius 3 is 2.93 bits per heavy atom. The first-order chi connectivity index (χ1) is 6.66. The molecule has 1 aromatic carbocycles. The minimum atomic E-state index is 0.0446. The number of nitrogens with zero attached hydrogens (tertiary/aromatic N) is 3. The van der Waals surface area contributed by atoms with E-state index in [0.29, 0.717) is 5.69 Å². The number of aliphatic imine (C=N–C) groups is 1. The Morgan fingerprint density at radius 1 is 1.43 bits per heavy atom. The number of aryl methyl sites for hydroxylation is 1. The van der Waals surface area contributed by atoms with E-state index in [1.54, 1.807) is 4.68 Å². The van der Waals surface area contributed by atoms with Gasteiger partial charge in [-0.25, -0.2) is 4.99 Å². The molecule has 0 fully saturated rings. The van der Waals surface area contributed by atoms with Crippen molar-refractivity contribution in [1.82, 2.24) is 9.78 Å². The van der Waals surface area contributed by atoms with Gasteiger partial charge in [-0.2, -0.15) is 5.10 Å². The number of rotatable bonds is 1. The molecule has 4 N–H and O–H groups in total. The molecule has 0 aliphatic carbocycles. The molecule has 14 heavy (non-hydrogen) atoms. The fraction of sp³-hybridized carbons (Fsp3) is 0.111. The monoisotopic (exact) mass is 189 g/mol. The Balaban J connectivity index is 2.70. The molecule has 0 radical (unpaired) electrons. The second kappa shape index (κ2) is 3.02. The molecule has 0 amide bonds. The lowest BCUT2D eigenvalue weighted by Gasteiger charge is -1.95. The van der Waals surface area contributed by atoms with E-state index in [0.717, 1.165) is 10.9 Å². The predicted molar refractivity (Wildman–Crippen MR) is 56.2 cm³/mol. The zero-order valence-corrected chi connectivity index (χ0v) is 7.81. The van der Waals surface area contributed by atoms with Crippen LogP contribution in [0.1, 0.15) is 0 Å². The standard InChI is InChI=1S/C9H11N5/c1-14-5-6-3-2-4-7(8(6)13-14)12-9(10)11/h2-5H,1H3,(H4,10,11,12). The van der Waals surface area contributed by atoms with Crippen LogP contribution < -0.4 is 11.5 Å². The second-order valence-corrected chi connectivity index (χ2v) is 3.05. The zero-order chi connectivity index (χ0) is 10.1. The molecule has 0 atom stereocenters. The lowest BCUT2D eigenvalue weighted by Crippen LogP contribution is -2.21. The molecular formula is C9H11N5. The first kappa shape index (κ1) is 8.55. The molecule has 5 nitrogen and oxygen atoms in total. The summed E-state index contributed by atoms with van der Waals surface area (Å²) >= 11 is 0. The first-order valence-corrected chi connectivity index (χ1v) is 4.19. The summed E-state index contributed by atoms with van der Waals surface area (Å²) in [6.45, 7) is 0. The topological polar surface area (TPSA) is 82.2 Å². The predicted octanol–water partition coefficient (Wildman–Crippen LogP) is 0.478. The van der Waals surface area contributed by atoms with Gasteiger partial charge in [-0.1, -0.05) is 12.1 Å². The second-order valence-electron chi connectivity index (χ2n) is 3.05. The van der Waals surface area contributed by atoms with Gasteiger partial charge < -0.3 is 11.5 Å². The largest absolute Gasteiger partial charge is 0.370 e. The third-order valence-corrected chi connectivity index (χ3v) is 1.88. The molecule has 72 valence electrons. The van der Waals surface area contributed by atoms with Gasteiger partial charge in [-0.3, -0.25) is 4.68 Å². The van der Waals surface area contributed by atoms with Crippen molar-refractivity contribution in [2.24, 2.45) is 23.5 Å². The summed E-state index contributed by atoms with van der Waals surface area (Å²) in [5.74, 6) is 0.0446. The molecule has 0 spiro atoms. The van der Waals surface area contributed by atoms with E-state index in [2.05, 4.69) is 10.1 Å². The quantitative estimate of drug-likeness (QED) is 0.505. The Kier molecular flexibility index (Phi) is 1.85. The maximum Gasteiger partial charge on any atom is 0.191 e. The summed E-state index contributed by atoms with van der Waals surface area (Å²) in [6.07, 6.45) is 1.92. The van der Waals surface area contributed by atoms with Crippen LogP contribution in [0.15, 0.2) is 29.4 Å². The Labute approximate surface area is 81.0 Å². The highest BCUT2D eigenvalue weighted by molar-refractivity contribution is 5.92. The highest BCUT2D eigenvalue weighted by atomic mass is 15.2. The molecule has 0 aliphatic rings. The van der Waals surface area contributed by atoms with Crippen molar-refractivity contribution in [3.8, 4) is 0 Å². The van der Waals surface area contributed by atoms with Gasteiger partial charge >= 0.3 is 0 Å². The van der Waals surface area contributed by atoms with Crippen molar-refractivity contribution in [3.05, 3.63) is 24.4 Å². The van der Waals surface area contributed by atoms with Crippen LogP contribution in [0.2, 0.25) is 0 Å². The van der Waals surface area contributed by atoms with Crippen LogP contribution in [-0.4, -0.2) is 15.7 Å². The number of aromatic nitrogens is 2. The SMILES string of the molecule is Cn1cc2cccc(N=C(N)N)c2n1. The van der Waals surface area contributed by atoms with E-state index in [9.17, 15) is 0 Å². The van der Waals surface area contributed by atoms with Crippen LogP contribution >= 0.6 is 0 Å². The van der Waals surface area contributed by atoms with Crippen molar-refractivity contribution in [3.63, 3.8) is 0 Å². The lowest BCUT2D eigenvalue weighted by molar-refractivity contribution is 0.780. The van der Waals surface area contributed by atoms with Gasteiger partial charge in [0, 0.05) is 18.6 Å². The van der Waals surface area contributed by atoms with Crippen molar-refractivity contribution >= 4 is 22.5 Å². The minimum absolute atomic E-state index is 0.0446. The van der Waals surface area contributed by atoms with Crippen LogP contribution in [0.4, 0.5) is 5.69 Å². The molecule has 0 aliphatic heterocycles. The maximum atomic E-state index is 5.32. The molecule has 0 bridgehead atoms. The summed E-state index contributed by atoms with van der Waals surface area (Å²) < 4.78 is 1.73. The molecular weight excluding hydrogens is 178 g/mol. The highest BCUT2D eigenvalue weighted by Crippen LogP contribution is 2.23. The van der Waals surface area contributed by atoms with Crippen molar-refractivity contribution in [2.45, 2.75) is 0 Å². The summed E-state index contributed by atoms with van der Waals surface area (Å²) in [7, 11) is 1.86. The van der Waals surface area contributed by atoms with E-state index in [-0.39, 0.29) is 5.96 Å². The van der Waals surface area contributed by atoms with Gasteiger partial charge in [-0.05, 0) is 6.07 Å². The van der Waals surface area contributed by atoms with Gasteiger partial charge in [-0.15, -0.1) is 0 Å². The zero-order valence-electron chi connectivity index (χ0n) is 7.81. The number of hydrogen-bond acceptors (Lipinski definition) is 2. The van der Waals surface area contributed by atoms with E-state index in [1.807, 2.05) is 31.4 Å². The van der Waals surface area contributed by atoms with Crippen LogP contribution in [0.3, 0.4) is 0 Å². The van der Waals surface area contributed by atoms with Crippen LogP contribution in [-0.2, 0) is 7.05 Å². The van der Waals surface area contributed by atoms with Crippen LogP contribution in [0, 0.1) is 0 Å². The third-order valence-electron chi connectivity index (χ3n) is 1.88. The average molecular weight is 189 g/mol.